The molecule has 0 bridgehead atoms. The van der Waals surface area contributed by atoms with Crippen molar-refractivity contribution in [1.29, 1.82) is 0 Å². The number of carbonyl (C=O) groups excluding carboxylic acids is 1. The third-order valence-corrected chi connectivity index (χ3v) is 6.04. The number of aromatic nitrogens is 2. The third-order valence-electron chi connectivity index (χ3n) is 4.97. The van der Waals surface area contributed by atoms with Crippen molar-refractivity contribution in [3.05, 3.63) is 82.6 Å². The smallest absolute Gasteiger partial charge is 0.263 e. The molecule has 1 amide bonds. The van der Waals surface area contributed by atoms with Gasteiger partial charge in [0.25, 0.3) is 5.91 Å². The molecule has 4 rings (SSSR count). The standard InChI is InChI=1S/C23H23N3OS/c1-15-13-17(3)25-23-19(15)20(26-11-7-8-12-26)21(28-23)22(27)24-14-16(2)18-9-5-4-6-10-18/h4-13,16H,14H2,1-3H3,(H,24,27)/t16-/m1/s1. The number of rotatable bonds is 5. The Labute approximate surface area is 168 Å². The van der Waals surface area contributed by atoms with Gasteiger partial charge in [-0.05, 0) is 49.1 Å². The Morgan fingerprint density at radius 3 is 2.57 bits per heavy atom. The number of fused-ring (bicyclic) bond motifs is 1. The van der Waals surface area contributed by atoms with E-state index in [-0.39, 0.29) is 11.8 Å². The summed E-state index contributed by atoms with van der Waals surface area (Å²) in [6.07, 6.45) is 3.95. The average Bonchev–Trinajstić information content (AvgIpc) is 3.33. The first-order valence-electron chi connectivity index (χ1n) is 9.42. The van der Waals surface area contributed by atoms with Gasteiger partial charge in [0.1, 0.15) is 9.71 Å². The highest BCUT2D eigenvalue weighted by Crippen LogP contribution is 2.35. The topological polar surface area (TPSA) is 46.9 Å². The first-order valence-corrected chi connectivity index (χ1v) is 10.2. The Morgan fingerprint density at radius 2 is 1.86 bits per heavy atom. The van der Waals surface area contributed by atoms with Crippen molar-refractivity contribution in [2.24, 2.45) is 0 Å². The zero-order chi connectivity index (χ0) is 19.7. The summed E-state index contributed by atoms with van der Waals surface area (Å²) in [5.41, 5.74) is 4.24. The summed E-state index contributed by atoms with van der Waals surface area (Å²) in [5.74, 6) is 0.197. The van der Waals surface area contributed by atoms with Gasteiger partial charge < -0.3 is 9.88 Å². The minimum Gasteiger partial charge on any atom is -0.351 e. The molecule has 5 heteroatoms. The Hall–Kier alpha value is -2.92. The summed E-state index contributed by atoms with van der Waals surface area (Å²) < 4.78 is 2.01. The van der Waals surface area contributed by atoms with E-state index in [1.807, 2.05) is 54.2 Å². The molecule has 3 aromatic heterocycles. The molecule has 1 atom stereocenters. The van der Waals surface area contributed by atoms with E-state index in [1.54, 1.807) is 0 Å². The summed E-state index contributed by atoms with van der Waals surface area (Å²) in [4.78, 5) is 19.4. The van der Waals surface area contributed by atoms with Crippen LogP contribution in [0.3, 0.4) is 0 Å². The number of hydrogen-bond acceptors (Lipinski definition) is 3. The monoisotopic (exact) mass is 389 g/mol. The van der Waals surface area contributed by atoms with Crippen LogP contribution in [-0.2, 0) is 0 Å². The molecule has 1 aromatic carbocycles. The summed E-state index contributed by atoms with van der Waals surface area (Å²) in [6.45, 7) is 6.79. The van der Waals surface area contributed by atoms with Crippen molar-refractivity contribution < 1.29 is 4.79 Å². The summed E-state index contributed by atoms with van der Waals surface area (Å²) in [7, 11) is 0. The molecule has 1 N–H and O–H groups in total. The van der Waals surface area contributed by atoms with Crippen LogP contribution in [0.2, 0.25) is 0 Å². The lowest BCUT2D eigenvalue weighted by Gasteiger charge is -2.13. The molecule has 0 aliphatic rings. The lowest BCUT2D eigenvalue weighted by Crippen LogP contribution is -2.27. The molecular formula is C23H23N3OS. The van der Waals surface area contributed by atoms with Gasteiger partial charge in [-0.3, -0.25) is 4.79 Å². The van der Waals surface area contributed by atoms with Crippen molar-refractivity contribution in [3.8, 4) is 5.69 Å². The molecule has 0 saturated heterocycles. The van der Waals surface area contributed by atoms with Crippen LogP contribution in [0.15, 0.2) is 60.9 Å². The lowest BCUT2D eigenvalue weighted by molar-refractivity contribution is 0.0956. The van der Waals surface area contributed by atoms with Crippen LogP contribution < -0.4 is 5.32 Å². The quantitative estimate of drug-likeness (QED) is 0.507. The van der Waals surface area contributed by atoms with E-state index < -0.39 is 0 Å². The zero-order valence-corrected chi connectivity index (χ0v) is 17.1. The van der Waals surface area contributed by atoms with Crippen LogP contribution in [0, 0.1) is 13.8 Å². The highest BCUT2D eigenvalue weighted by Gasteiger charge is 2.22. The van der Waals surface area contributed by atoms with Crippen molar-refractivity contribution in [2.45, 2.75) is 26.7 Å². The van der Waals surface area contributed by atoms with Crippen LogP contribution in [0.4, 0.5) is 0 Å². The number of amides is 1. The molecule has 28 heavy (non-hydrogen) atoms. The van der Waals surface area contributed by atoms with Crippen molar-refractivity contribution in [3.63, 3.8) is 0 Å². The molecule has 4 nitrogen and oxygen atoms in total. The van der Waals surface area contributed by atoms with Gasteiger partial charge in [-0.15, -0.1) is 11.3 Å². The zero-order valence-electron chi connectivity index (χ0n) is 16.3. The Bertz CT molecular complexity index is 1110. The fourth-order valence-corrected chi connectivity index (χ4v) is 4.74. The molecule has 0 aliphatic heterocycles. The van der Waals surface area contributed by atoms with Gasteiger partial charge in [0.15, 0.2) is 0 Å². The highest BCUT2D eigenvalue weighted by molar-refractivity contribution is 7.21. The predicted octanol–water partition coefficient (Wildman–Crippen LogP) is 5.24. The molecule has 0 saturated carbocycles. The number of thiophene rings is 1. The maximum atomic E-state index is 13.1. The van der Waals surface area contributed by atoms with Gasteiger partial charge in [-0.25, -0.2) is 4.98 Å². The van der Waals surface area contributed by atoms with Crippen molar-refractivity contribution in [2.75, 3.05) is 6.54 Å². The molecule has 0 unspecified atom stereocenters. The van der Waals surface area contributed by atoms with E-state index in [2.05, 4.69) is 42.3 Å². The molecule has 0 spiro atoms. The second kappa shape index (κ2) is 7.60. The highest BCUT2D eigenvalue weighted by atomic mass is 32.1. The van der Waals surface area contributed by atoms with Crippen molar-refractivity contribution in [1.82, 2.24) is 14.9 Å². The Morgan fingerprint density at radius 1 is 1.14 bits per heavy atom. The summed E-state index contributed by atoms with van der Waals surface area (Å²) in [5, 5.41) is 4.17. The Balaban J connectivity index is 1.69. The first-order chi connectivity index (χ1) is 13.5. The van der Waals surface area contributed by atoms with Crippen molar-refractivity contribution >= 4 is 27.5 Å². The average molecular weight is 390 g/mol. The van der Waals surface area contributed by atoms with Gasteiger partial charge in [0.05, 0.1) is 5.69 Å². The van der Waals surface area contributed by atoms with E-state index in [1.165, 1.54) is 16.9 Å². The fourth-order valence-electron chi connectivity index (χ4n) is 3.53. The molecular weight excluding hydrogens is 366 g/mol. The van der Waals surface area contributed by atoms with E-state index in [4.69, 9.17) is 0 Å². The Kier molecular flexibility index (Phi) is 5.01. The number of hydrogen-bond donors (Lipinski definition) is 1. The summed E-state index contributed by atoms with van der Waals surface area (Å²) >= 11 is 1.46. The molecule has 4 aromatic rings. The number of pyridine rings is 1. The molecule has 0 radical (unpaired) electrons. The second-order valence-electron chi connectivity index (χ2n) is 7.15. The number of nitrogens with one attached hydrogen (secondary N) is 1. The number of aryl methyl sites for hydroxylation is 2. The van der Waals surface area contributed by atoms with Crippen LogP contribution in [0.5, 0.6) is 0 Å². The summed E-state index contributed by atoms with van der Waals surface area (Å²) in [6, 6.07) is 16.3. The van der Waals surface area contributed by atoms with Gasteiger partial charge in [-0.2, -0.15) is 0 Å². The fraction of sp³-hybridized carbons (Fsp3) is 0.217. The van der Waals surface area contributed by atoms with E-state index in [9.17, 15) is 4.79 Å². The minimum atomic E-state index is -0.0495. The van der Waals surface area contributed by atoms with Gasteiger partial charge >= 0.3 is 0 Å². The lowest BCUT2D eigenvalue weighted by atomic mass is 10.0. The van der Waals surface area contributed by atoms with Crippen LogP contribution in [-0.4, -0.2) is 22.0 Å². The molecule has 0 aliphatic carbocycles. The molecule has 142 valence electrons. The number of benzene rings is 1. The largest absolute Gasteiger partial charge is 0.351 e. The molecule has 0 fully saturated rings. The number of carbonyl (C=O) groups is 1. The predicted molar refractivity (Wildman–Crippen MR) is 116 cm³/mol. The van der Waals surface area contributed by atoms with Crippen LogP contribution in [0.1, 0.15) is 39.3 Å². The van der Waals surface area contributed by atoms with E-state index >= 15 is 0 Å². The van der Waals surface area contributed by atoms with Gasteiger partial charge in [-0.1, -0.05) is 37.3 Å². The third kappa shape index (κ3) is 3.45. The van der Waals surface area contributed by atoms with E-state index in [0.29, 0.717) is 11.4 Å². The first kappa shape index (κ1) is 18.4. The normalized spacial score (nSPS) is 12.2. The maximum Gasteiger partial charge on any atom is 0.263 e. The maximum absolute atomic E-state index is 13.1. The van der Waals surface area contributed by atoms with Crippen LogP contribution in [0.25, 0.3) is 15.9 Å². The van der Waals surface area contributed by atoms with E-state index in [0.717, 1.165) is 27.2 Å². The second-order valence-corrected chi connectivity index (χ2v) is 8.15. The van der Waals surface area contributed by atoms with Gasteiger partial charge in [0, 0.05) is 30.0 Å². The number of nitrogens with zero attached hydrogens (tertiary/aromatic N) is 2. The van der Waals surface area contributed by atoms with Crippen LogP contribution >= 0.6 is 11.3 Å². The van der Waals surface area contributed by atoms with Gasteiger partial charge in [0.2, 0.25) is 0 Å². The minimum absolute atomic E-state index is 0.0495. The molecule has 3 heterocycles. The SMILES string of the molecule is Cc1cc(C)c2c(-n3cccc3)c(C(=O)NC[C@@H](C)c3ccccc3)sc2n1.